The molecule has 0 unspecified atom stereocenters. The minimum Gasteiger partial charge on any atom is -0.383 e. The van der Waals surface area contributed by atoms with Crippen LogP contribution in [0.15, 0.2) is 36.4 Å². The Labute approximate surface area is 140 Å². The molecule has 0 radical (unpaired) electrons. The summed E-state index contributed by atoms with van der Waals surface area (Å²) in [5.74, 6) is -0.313. The Morgan fingerprint density at radius 1 is 0.708 bits per heavy atom. The molecule has 24 heavy (non-hydrogen) atoms. The van der Waals surface area contributed by atoms with E-state index < -0.39 is 0 Å². The van der Waals surface area contributed by atoms with Gasteiger partial charge in [-0.05, 0) is 12.1 Å². The maximum atomic E-state index is 13.1. The Kier molecular flexibility index (Phi) is 4.59. The standard InChI is InChI=1S/C18H20N4O2/c19-7-9-21-13-5-1-3-11-15(13)18(24)16-12(17(11)23)4-2-6-14(16)22-10-8-20/h1-6,21-22H,7-10,19-20H2. The first-order valence-electron chi connectivity index (χ1n) is 7.92. The van der Waals surface area contributed by atoms with Gasteiger partial charge in [-0.2, -0.15) is 0 Å². The van der Waals surface area contributed by atoms with Gasteiger partial charge >= 0.3 is 0 Å². The highest BCUT2D eigenvalue weighted by atomic mass is 16.1. The lowest BCUT2D eigenvalue weighted by Crippen LogP contribution is -2.25. The van der Waals surface area contributed by atoms with Crippen LogP contribution >= 0.6 is 0 Å². The van der Waals surface area contributed by atoms with E-state index in [2.05, 4.69) is 10.6 Å². The second kappa shape index (κ2) is 6.82. The molecule has 2 aromatic rings. The Balaban J connectivity index is 2.13. The molecule has 0 fully saturated rings. The molecule has 1 aliphatic carbocycles. The molecule has 124 valence electrons. The first kappa shape index (κ1) is 16.2. The van der Waals surface area contributed by atoms with Crippen LogP contribution in [0, 0.1) is 0 Å². The lowest BCUT2D eigenvalue weighted by Gasteiger charge is -2.23. The summed E-state index contributed by atoms with van der Waals surface area (Å²) in [7, 11) is 0. The average Bonchev–Trinajstić information content (AvgIpc) is 2.62. The molecule has 0 spiro atoms. The van der Waals surface area contributed by atoms with Crippen molar-refractivity contribution in [3.05, 3.63) is 58.7 Å². The zero-order valence-corrected chi connectivity index (χ0v) is 13.3. The molecule has 0 saturated heterocycles. The molecular weight excluding hydrogens is 304 g/mol. The number of hydrogen-bond acceptors (Lipinski definition) is 6. The van der Waals surface area contributed by atoms with Gasteiger partial charge in [-0.3, -0.25) is 9.59 Å². The number of hydrogen-bond donors (Lipinski definition) is 4. The molecule has 0 heterocycles. The van der Waals surface area contributed by atoms with E-state index in [1.807, 2.05) is 0 Å². The topological polar surface area (TPSA) is 110 Å². The van der Waals surface area contributed by atoms with Crippen LogP contribution in [0.25, 0.3) is 0 Å². The lowest BCUT2D eigenvalue weighted by atomic mass is 9.82. The Hall–Kier alpha value is -2.70. The molecule has 6 N–H and O–H groups in total. The smallest absolute Gasteiger partial charge is 0.198 e. The van der Waals surface area contributed by atoms with Gasteiger partial charge in [-0.25, -0.2) is 0 Å². The van der Waals surface area contributed by atoms with Gasteiger partial charge in [0.05, 0.1) is 11.1 Å². The van der Waals surface area contributed by atoms with E-state index in [1.165, 1.54) is 0 Å². The van der Waals surface area contributed by atoms with Crippen LogP contribution < -0.4 is 22.1 Å². The summed E-state index contributed by atoms with van der Waals surface area (Å²) in [6, 6.07) is 10.5. The van der Waals surface area contributed by atoms with Crippen LogP contribution in [-0.4, -0.2) is 37.7 Å². The highest BCUT2D eigenvalue weighted by Crippen LogP contribution is 2.35. The van der Waals surface area contributed by atoms with E-state index in [4.69, 9.17) is 11.5 Å². The van der Waals surface area contributed by atoms with Crippen LogP contribution in [0.1, 0.15) is 31.8 Å². The Morgan fingerprint density at radius 3 is 1.58 bits per heavy atom. The maximum absolute atomic E-state index is 13.1. The molecule has 6 nitrogen and oxygen atoms in total. The number of nitrogens with one attached hydrogen (secondary N) is 2. The molecule has 0 aromatic heterocycles. The molecule has 0 aliphatic heterocycles. The molecule has 3 rings (SSSR count). The van der Waals surface area contributed by atoms with Crippen molar-refractivity contribution in [3.8, 4) is 0 Å². The van der Waals surface area contributed by atoms with Crippen molar-refractivity contribution in [3.63, 3.8) is 0 Å². The van der Waals surface area contributed by atoms with Gasteiger partial charge in [0.15, 0.2) is 11.6 Å². The second-order valence-electron chi connectivity index (χ2n) is 5.55. The van der Waals surface area contributed by atoms with Gasteiger partial charge in [0.25, 0.3) is 0 Å². The van der Waals surface area contributed by atoms with Crippen molar-refractivity contribution in [2.75, 3.05) is 36.8 Å². The highest BCUT2D eigenvalue weighted by molar-refractivity contribution is 6.31. The van der Waals surface area contributed by atoms with E-state index in [1.54, 1.807) is 36.4 Å². The molecular formula is C18H20N4O2. The first-order valence-corrected chi connectivity index (χ1v) is 7.92. The Morgan fingerprint density at radius 2 is 1.17 bits per heavy atom. The molecule has 0 atom stereocenters. The minimum absolute atomic E-state index is 0.146. The maximum Gasteiger partial charge on any atom is 0.198 e. The van der Waals surface area contributed by atoms with Gasteiger partial charge in [0.2, 0.25) is 0 Å². The van der Waals surface area contributed by atoms with Crippen molar-refractivity contribution in [2.45, 2.75) is 0 Å². The third-order valence-corrected chi connectivity index (χ3v) is 3.99. The van der Waals surface area contributed by atoms with Crippen LogP contribution in [0.5, 0.6) is 0 Å². The summed E-state index contributed by atoms with van der Waals surface area (Å²) in [4.78, 5) is 26.0. The number of rotatable bonds is 6. The van der Waals surface area contributed by atoms with E-state index in [-0.39, 0.29) is 11.6 Å². The van der Waals surface area contributed by atoms with Crippen molar-refractivity contribution in [1.29, 1.82) is 0 Å². The summed E-state index contributed by atoms with van der Waals surface area (Å²) in [6.45, 7) is 1.92. The highest BCUT2D eigenvalue weighted by Gasteiger charge is 2.33. The number of carbonyl (C=O) groups excluding carboxylic acids is 2. The molecule has 0 bridgehead atoms. The average molecular weight is 324 g/mol. The molecule has 0 amide bonds. The predicted octanol–water partition coefficient (Wildman–Crippen LogP) is 1.20. The summed E-state index contributed by atoms with van der Waals surface area (Å²) >= 11 is 0. The Bertz CT molecular complexity index is 738. The number of ketones is 2. The van der Waals surface area contributed by atoms with E-state index in [9.17, 15) is 9.59 Å². The minimum atomic E-state index is -0.167. The van der Waals surface area contributed by atoms with Crippen LogP contribution in [-0.2, 0) is 0 Å². The largest absolute Gasteiger partial charge is 0.383 e. The zero-order valence-electron chi connectivity index (χ0n) is 13.3. The fraction of sp³-hybridized carbons (Fsp3) is 0.222. The van der Waals surface area contributed by atoms with Crippen molar-refractivity contribution >= 4 is 22.9 Å². The predicted molar refractivity (Wildman–Crippen MR) is 94.8 cm³/mol. The number of benzene rings is 2. The lowest BCUT2D eigenvalue weighted by molar-refractivity contribution is 0.0980. The quantitative estimate of drug-likeness (QED) is 0.542. The van der Waals surface area contributed by atoms with Gasteiger partial charge < -0.3 is 22.1 Å². The summed E-state index contributed by atoms with van der Waals surface area (Å²) < 4.78 is 0. The molecule has 0 saturated carbocycles. The third-order valence-electron chi connectivity index (χ3n) is 3.99. The van der Waals surface area contributed by atoms with Gasteiger partial charge in [-0.15, -0.1) is 0 Å². The van der Waals surface area contributed by atoms with E-state index in [0.29, 0.717) is 59.8 Å². The third kappa shape index (κ3) is 2.66. The first-order chi connectivity index (χ1) is 11.7. The van der Waals surface area contributed by atoms with Crippen molar-refractivity contribution in [2.24, 2.45) is 11.5 Å². The van der Waals surface area contributed by atoms with Gasteiger partial charge in [0.1, 0.15) is 0 Å². The summed E-state index contributed by atoms with van der Waals surface area (Å²) in [5, 5.41) is 6.26. The van der Waals surface area contributed by atoms with E-state index in [0.717, 1.165) is 0 Å². The summed E-state index contributed by atoms with van der Waals surface area (Å²) in [5.41, 5.74) is 14.0. The van der Waals surface area contributed by atoms with Crippen LogP contribution in [0.2, 0.25) is 0 Å². The van der Waals surface area contributed by atoms with Gasteiger partial charge in [-0.1, -0.05) is 24.3 Å². The fourth-order valence-electron chi connectivity index (χ4n) is 2.95. The normalized spacial score (nSPS) is 12.6. The fourth-order valence-corrected chi connectivity index (χ4v) is 2.95. The number of fused-ring (bicyclic) bond motifs is 2. The zero-order chi connectivity index (χ0) is 17.1. The molecule has 2 aromatic carbocycles. The van der Waals surface area contributed by atoms with Crippen LogP contribution in [0.3, 0.4) is 0 Å². The van der Waals surface area contributed by atoms with Gasteiger partial charge in [0, 0.05) is 48.7 Å². The SMILES string of the molecule is NCCNc1cccc2c1C(=O)c1c(NCCN)cccc1C2=O. The van der Waals surface area contributed by atoms with Crippen molar-refractivity contribution < 1.29 is 9.59 Å². The number of carbonyl (C=O) groups is 2. The second-order valence-corrected chi connectivity index (χ2v) is 5.55. The summed E-state index contributed by atoms with van der Waals surface area (Å²) in [6.07, 6.45) is 0. The number of anilines is 2. The van der Waals surface area contributed by atoms with Crippen molar-refractivity contribution in [1.82, 2.24) is 0 Å². The molecule has 6 heteroatoms. The van der Waals surface area contributed by atoms with E-state index >= 15 is 0 Å². The monoisotopic (exact) mass is 324 g/mol. The number of nitrogens with two attached hydrogens (primary N) is 2. The molecule has 1 aliphatic rings. The van der Waals surface area contributed by atoms with Crippen LogP contribution in [0.4, 0.5) is 11.4 Å².